The summed E-state index contributed by atoms with van der Waals surface area (Å²) in [6.45, 7) is 4.80. The number of esters is 1. The highest BCUT2D eigenvalue weighted by molar-refractivity contribution is 7.47. The van der Waals surface area contributed by atoms with Gasteiger partial charge in [-0.3, -0.25) is 13.8 Å². The Hall–Kier alpha value is -1.80. The first-order valence-corrected chi connectivity index (χ1v) is 25.8. The number of ether oxygens (including phenoxy) is 2. The van der Waals surface area contributed by atoms with Gasteiger partial charge in [0.15, 0.2) is 0 Å². The molecule has 2 unspecified atom stereocenters. The molecule has 0 rings (SSSR count). The number of carbonyl (C=O) groups excluding carboxylic acids is 1. The molecule has 8 nitrogen and oxygen atoms in total. The van der Waals surface area contributed by atoms with Crippen molar-refractivity contribution >= 4 is 13.8 Å². The van der Waals surface area contributed by atoms with E-state index in [2.05, 4.69) is 74.6 Å². The molecule has 0 saturated heterocycles. The number of carbonyl (C=O) groups is 1. The van der Waals surface area contributed by atoms with E-state index in [0.29, 0.717) is 13.0 Å². The maximum absolute atomic E-state index is 12.6. The molecule has 0 aliphatic rings. The summed E-state index contributed by atoms with van der Waals surface area (Å²) < 4.78 is 33.5. The lowest BCUT2D eigenvalue weighted by molar-refractivity contribution is -0.154. The average molecular weight is 850 g/mol. The Morgan fingerprint density at radius 3 is 1.44 bits per heavy atom. The normalized spacial score (nSPS) is 13.9. The van der Waals surface area contributed by atoms with Gasteiger partial charge in [0.2, 0.25) is 0 Å². The van der Waals surface area contributed by atoms with Crippen LogP contribution >= 0.6 is 7.82 Å². The number of allylic oxidation sites excluding steroid dienone is 10. The van der Waals surface area contributed by atoms with Crippen LogP contribution in [0.1, 0.15) is 213 Å². The Bertz CT molecular complexity index is 1090. The molecule has 344 valence electrons. The van der Waals surface area contributed by atoms with Gasteiger partial charge in [-0.2, -0.15) is 0 Å². The Morgan fingerprint density at radius 1 is 0.525 bits per heavy atom. The minimum Gasteiger partial charge on any atom is -0.457 e. The first kappa shape index (κ1) is 57.2. The quantitative estimate of drug-likeness (QED) is 0.0269. The molecule has 0 aromatic rings. The molecule has 0 spiro atoms. The fourth-order valence-corrected chi connectivity index (χ4v) is 7.40. The van der Waals surface area contributed by atoms with Gasteiger partial charge in [-0.15, -0.1) is 0 Å². The third-order valence-corrected chi connectivity index (χ3v) is 11.2. The Labute approximate surface area is 363 Å². The number of rotatable bonds is 46. The molecule has 3 N–H and O–H groups in total. The SMILES string of the molecule is CC/C=C\C/C=C\C/C=C\C/C=C\CCCCCCCCCCCCCCCOCC(COP(=O)(O)OCCN)OC(=O)CCCCCCC/C=C\CCCCCCC. The zero-order valence-electron chi connectivity index (χ0n) is 38.2. The van der Waals surface area contributed by atoms with Crippen molar-refractivity contribution < 1.29 is 32.8 Å². The van der Waals surface area contributed by atoms with Crippen molar-refractivity contribution in [1.82, 2.24) is 0 Å². The Morgan fingerprint density at radius 2 is 0.949 bits per heavy atom. The Balaban J connectivity index is 3.91. The second-order valence-corrected chi connectivity index (χ2v) is 17.4. The van der Waals surface area contributed by atoms with Crippen LogP contribution in [0.5, 0.6) is 0 Å². The lowest BCUT2D eigenvalue weighted by Crippen LogP contribution is -2.28. The van der Waals surface area contributed by atoms with Crippen LogP contribution in [0.25, 0.3) is 0 Å². The fourth-order valence-electron chi connectivity index (χ4n) is 6.63. The number of nitrogens with two attached hydrogens (primary N) is 1. The van der Waals surface area contributed by atoms with Crippen LogP contribution in [0, 0.1) is 0 Å². The maximum atomic E-state index is 12.6. The standard InChI is InChI=1S/C50H92NO7P/c1-3-5-7-9-11-13-15-17-19-20-21-22-23-24-25-26-27-28-29-30-32-34-36-38-40-42-45-55-47-49(48-57-59(53,54)56-46-44-51)58-50(52)43-41-39-37-35-33-31-18-16-14-12-10-8-6-4-2/h5,7,11,13,16-19,21-22,49H,3-4,6,8-10,12,14-15,20,23-48,51H2,1-2H3,(H,53,54)/b7-5-,13-11-,18-16-,19-17-,22-21-. The van der Waals surface area contributed by atoms with Gasteiger partial charge in [-0.05, 0) is 77.0 Å². The smallest absolute Gasteiger partial charge is 0.457 e. The predicted octanol–water partition coefficient (Wildman–Crippen LogP) is 14.9. The van der Waals surface area contributed by atoms with Crippen molar-refractivity contribution in [2.45, 2.75) is 219 Å². The van der Waals surface area contributed by atoms with E-state index in [1.54, 1.807) is 0 Å². The van der Waals surface area contributed by atoms with Crippen LogP contribution in [-0.4, -0.2) is 49.9 Å². The van der Waals surface area contributed by atoms with E-state index in [1.807, 2.05) is 0 Å². The minimum atomic E-state index is -4.28. The Kier molecular flexibility index (Phi) is 45.8. The van der Waals surface area contributed by atoms with Gasteiger partial charge < -0.3 is 20.1 Å². The molecule has 0 radical (unpaired) electrons. The molecule has 0 saturated carbocycles. The number of unbranched alkanes of at least 4 members (excludes halogenated alkanes) is 23. The molecular weight excluding hydrogens is 758 g/mol. The van der Waals surface area contributed by atoms with Gasteiger partial charge >= 0.3 is 13.8 Å². The minimum absolute atomic E-state index is 0.0975. The molecule has 0 heterocycles. The van der Waals surface area contributed by atoms with E-state index in [9.17, 15) is 14.3 Å². The fraction of sp³-hybridized carbons (Fsp3) is 0.780. The largest absolute Gasteiger partial charge is 0.472 e. The van der Waals surface area contributed by atoms with Crippen molar-refractivity contribution in [3.63, 3.8) is 0 Å². The highest BCUT2D eigenvalue weighted by Crippen LogP contribution is 2.43. The van der Waals surface area contributed by atoms with Crippen LogP contribution in [0.3, 0.4) is 0 Å². The van der Waals surface area contributed by atoms with Crippen molar-refractivity contribution in [3.05, 3.63) is 60.8 Å². The molecule has 0 aromatic carbocycles. The summed E-state index contributed by atoms with van der Waals surface area (Å²) in [6, 6.07) is 0. The molecule has 0 fully saturated rings. The summed E-state index contributed by atoms with van der Waals surface area (Å²) in [7, 11) is -4.28. The van der Waals surface area contributed by atoms with E-state index in [4.69, 9.17) is 24.3 Å². The first-order valence-electron chi connectivity index (χ1n) is 24.3. The van der Waals surface area contributed by atoms with Gasteiger partial charge in [0.1, 0.15) is 6.10 Å². The highest BCUT2D eigenvalue weighted by Gasteiger charge is 2.25. The van der Waals surface area contributed by atoms with Crippen molar-refractivity contribution in [3.8, 4) is 0 Å². The molecule has 2 atom stereocenters. The van der Waals surface area contributed by atoms with Crippen molar-refractivity contribution in [1.29, 1.82) is 0 Å². The van der Waals surface area contributed by atoms with Crippen LogP contribution in [-0.2, 0) is 27.9 Å². The molecule has 0 amide bonds. The first-order chi connectivity index (χ1) is 28.9. The van der Waals surface area contributed by atoms with Gasteiger partial charge in [0.05, 0.1) is 19.8 Å². The summed E-state index contributed by atoms with van der Waals surface area (Å²) in [5, 5.41) is 0. The second kappa shape index (κ2) is 47.3. The molecule has 0 aromatic heterocycles. The molecule has 59 heavy (non-hydrogen) atoms. The van der Waals surface area contributed by atoms with Crippen LogP contribution in [0.15, 0.2) is 60.8 Å². The molecule has 0 aliphatic carbocycles. The van der Waals surface area contributed by atoms with E-state index < -0.39 is 13.9 Å². The number of hydrogen-bond donors (Lipinski definition) is 2. The van der Waals surface area contributed by atoms with E-state index >= 15 is 0 Å². The monoisotopic (exact) mass is 850 g/mol. The predicted molar refractivity (Wildman–Crippen MR) is 252 cm³/mol. The number of hydrogen-bond acceptors (Lipinski definition) is 7. The maximum Gasteiger partial charge on any atom is 0.472 e. The van der Waals surface area contributed by atoms with Crippen LogP contribution in [0.2, 0.25) is 0 Å². The highest BCUT2D eigenvalue weighted by atomic mass is 31.2. The lowest BCUT2D eigenvalue weighted by atomic mass is 10.0. The van der Waals surface area contributed by atoms with Gasteiger partial charge in [0, 0.05) is 19.6 Å². The topological polar surface area (TPSA) is 117 Å². The number of phosphoric ester groups is 1. The van der Waals surface area contributed by atoms with E-state index in [1.165, 1.54) is 122 Å². The average Bonchev–Trinajstić information content (AvgIpc) is 3.23. The molecule has 0 bridgehead atoms. The summed E-state index contributed by atoms with van der Waals surface area (Å²) in [5.74, 6) is -0.340. The van der Waals surface area contributed by atoms with Gasteiger partial charge in [-0.25, -0.2) is 4.57 Å². The summed E-state index contributed by atoms with van der Waals surface area (Å²) in [5.41, 5.74) is 5.38. The second-order valence-electron chi connectivity index (χ2n) is 15.9. The van der Waals surface area contributed by atoms with Gasteiger partial charge in [-0.1, -0.05) is 190 Å². The molecule has 9 heteroatoms. The van der Waals surface area contributed by atoms with Crippen LogP contribution < -0.4 is 5.73 Å². The summed E-state index contributed by atoms with van der Waals surface area (Å²) >= 11 is 0. The third-order valence-electron chi connectivity index (χ3n) is 10.2. The zero-order chi connectivity index (χ0) is 43.0. The molecule has 0 aliphatic heterocycles. The van der Waals surface area contributed by atoms with Crippen molar-refractivity contribution in [2.75, 3.05) is 33.0 Å². The van der Waals surface area contributed by atoms with E-state index in [-0.39, 0.29) is 32.3 Å². The number of phosphoric acid groups is 1. The van der Waals surface area contributed by atoms with Gasteiger partial charge in [0.25, 0.3) is 0 Å². The van der Waals surface area contributed by atoms with Crippen molar-refractivity contribution in [2.24, 2.45) is 5.73 Å². The summed E-state index contributed by atoms with van der Waals surface area (Å²) in [6.07, 6.45) is 58.2. The van der Waals surface area contributed by atoms with Crippen LogP contribution in [0.4, 0.5) is 0 Å². The third kappa shape index (κ3) is 47.1. The zero-order valence-corrected chi connectivity index (χ0v) is 39.1. The molecular formula is C50H92NO7P. The van der Waals surface area contributed by atoms with E-state index in [0.717, 1.165) is 70.6 Å². The summed E-state index contributed by atoms with van der Waals surface area (Å²) in [4.78, 5) is 22.5. The lowest BCUT2D eigenvalue weighted by Gasteiger charge is -2.20.